The van der Waals surface area contributed by atoms with Crippen LogP contribution in [0.25, 0.3) is 0 Å². The molecule has 0 aliphatic heterocycles. The molecule has 1 aromatic heterocycles. The first-order valence-electron chi connectivity index (χ1n) is 5.72. The van der Waals surface area contributed by atoms with Gasteiger partial charge < -0.3 is 10.1 Å². The van der Waals surface area contributed by atoms with Crippen LogP contribution in [0.3, 0.4) is 0 Å². The maximum absolute atomic E-state index is 5.56. The average Bonchev–Trinajstić information content (AvgIpc) is 2.76. The predicted octanol–water partition coefficient (Wildman–Crippen LogP) is 1.59. The Hall–Kier alpha value is -1.81. The van der Waals surface area contributed by atoms with E-state index in [0.29, 0.717) is 6.61 Å². The van der Waals surface area contributed by atoms with Crippen LogP contribution < -0.4 is 10.1 Å². The van der Waals surface area contributed by atoms with Crippen LogP contribution in [0.15, 0.2) is 42.6 Å². The first-order chi connectivity index (χ1) is 8.34. The third kappa shape index (κ3) is 3.92. The third-order valence-corrected chi connectivity index (χ3v) is 2.37. The Morgan fingerprint density at radius 1 is 1.24 bits per heavy atom. The van der Waals surface area contributed by atoms with Crippen molar-refractivity contribution in [2.24, 2.45) is 7.05 Å². The van der Waals surface area contributed by atoms with Gasteiger partial charge in [0.25, 0.3) is 0 Å². The largest absolute Gasteiger partial charge is 0.492 e. The van der Waals surface area contributed by atoms with E-state index in [1.807, 2.05) is 49.6 Å². The summed E-state index contributed by atoms with van der Waals surface area (Å²) in [6, 6.07) is 11.8. The summed E-state index contributed by atoms with van der Waals surface area (Å²) in [4.78, 5) is 0. The molecule has 1 heterocycles. The second-order valence-corrected chi connectivity index (χ2v) is 3.82. The molecule has 0 radical (unpaired) electrons. The highest BCUT2D eigenvalue weighted by atomic mass is 16.5. The van der Waals surface area contributed by atoms with Crippen LogP contribution in [0.1, 0.15) is 5.69 Å². The lowest BCUT2D eigenvalue weighted by molar-refractivity contribution is 0.313. The number of para-hydroxylation sites is 1. The number of nitrogens with one attached hydrogen (secondary N) is 1. The number of hydrogen-bond donors (Lipinski definition) is 1. The Labute approximate surface area is 101 Å². The first-order valence-corrected chi connectivity index (χ1v) is 5.72. The summed E-state index contributed by atoms with van der Waals surface area (Å²) in [5.74, 6) is 0.909. The summed E-state index contributed by atoms with van der Waals surface area (Å²) >= 11 is 0. The molecule has 2 rings (SSSR count). The van der Waals surface area contributed by atoms with Gasteiger partial charge >= 0.3 is 0 Å². The number of hydrogen-bond acceptors (Lipinski definition) is 3. The molecular formula is C13H17N3O. The van der Waals surface area contributed by atoms with E-state index < -0.39 is 0 Å². The summed E-state index contributed by atoms with van der Waals surface area (Å²) in [7, 11) is 1.92. The van der Waals surface area contributed by atoms with Crippen molar-refractivity contribution in [3.8, 4) is 5.75 Å². The van der Waals surface area contributed by atoms with Gasteiger partial charge in [0, 0.05) is 26.3 Å². The number of benzene rings is 1. The van der Waals surface area contributed by atoms with Crippen molar-refractivity contribution >= 4 is 0 Å². The summed E-state index contributed by atoms with van der Waals surface area (Å²) in [5, 5.41) is 7.56. The summed E-state index contributed by atoms with van der Waals surface area (Å²) in [6.07, 6.45) is 1.94. The molecule has 0 unspecified atom stereocenters. The fourth-order valence-electron chi connectivity index (χ4n) is 1.53. The smallest absolute Gasteiger partial charge is 0.119 e. The van der Waals surface area contributed by atoms with Gasteiger partial charge in [0.05, 0.1) is 5.69 Å². The lowest BCUT2D eigenvalue weighted by Gasteiger charge is -2.06. The Kier molecular flexibility index (Phi) is 4.16. The number of ether oxygens (including phenoxy) is 1. The molecule has 0 fully saturated rings. The van der Waals surface area contributed by atoms with Crippen LogP contribution in [-0.4, -0.2) is 22.9 Å². The maximum Gasteiger partial charge on any atom is 0.119 e. The highest BCUT2D eigenvalue weighted by Crippen LogP contribution is 2.07. The number of nitrogens with zero attached hydrogens (tertiary/aromatic N) is 2. The molecule has 17 heavy (non-hydrogen) atoms. The molecular weight excluding hydrogens is 214 g/mol. The molecule has 0 bridgehead atoms. The van der Waals surface area contributed by atoms with Crippen molar-refractivity contribution in [2.75, 3.05) is 13.2 Å². The molecule has 4 nitrogen and oxygen atoms in total. The molecule has 0 amide bonds. The molecule has 0 aliphatic rings. The van der Waals surface area contributed by atoms with Crippen molar-refractivity contribution in [1.29, 1.82) is 0 Å². The van der Waals surface area contributed by atoms with E-state index in [1.165, 1.54) is 0 Å². The van der Waals surface area contributed by atoms with Crippen molar-refractivity contribution in [3.63, 3.8) is 0 Å². The van der Waals surface area contributed by atoms with Gasteiger partial charge in [0.15, 0.2) is 0 Å². The second-order valence-electron chi connectivity index (χ2n) is 3.82. The van der Waals surface area contributed by atoms with Crippen molar-refractivity contribution in [3.05, 3.63) is 48.3 Å². The number of rotatable bonds is 6. The molecule has 2 aromatic rings. The zero-order valence-electron chi connectivity index (χ0n) is 9.97. The Bertz CT molecular complexity index is 439. The van der Waals surface area contributed by atoms with Gasteiger partial charge in [-0.3, -0.25) is 4.68 Å². The number of aromatic nitrogens is 2. The molecule has 90 valence electrons. The highest BCUT2D eigenvalue weighted by molar-refractivity contribution is 5.20. The van der Waals surface area contributed by atoms with Crippen molar-refractivity contribution in [1.82, 2.24) is 15.1 Å². The van der Waals surface area contributed by atoms with E-state index in [1.54, 1.807) is 4.68 Å². The Morgan fingerprint density at radius 2 is 2.06 bits per heavy atom. The van der Waals surface area contributed by atoms with Crippen LogP contribution in [0.4, 0.5) is 0 Å². The monoisotopic (exact) mass is 231 g/mol. The quantitative estimate of drug-likeness (QED) is 0.767. The molecule has 0 spiro atoms. The van der Waals surface area contributed by atoms with E-state index in [-0.39, 0.29) is 0 Å². The van der Waals surface area contributed by atoms with E-state index >= 15 is 0 Å². The van der Waals surface area contributed by atoms with Crippen LogP contribution in [0.2, 0.25) is 0 Å². The van der Waals surface area contributed by atoms with Gasteiger partial charge in [-0.2, -0.15) is 5.10 Å². The molecule has 0 atom stereocenters. The molecule has 4 heteroatoms. The van der Waals surface area contributed by atoms with E-state index in [2.05, 4.69) is 10.4 Å². The lowest BCUT2D eigenvalue weighted by atomic mass is 10.3. The fraction of sp³-hybridized carbons (Fsp3) is 0.308. The van der Waals surface area contributed by atoms with E-state index in [9.17, 15) is 0 Å². The normalized spacial score (nSPS) is 10.4. The van der Waals surface area contributed by atoms with Crippen LogP contribution in [-0.2, 0) is 13.6 Å². The van der Waals surface area contributed by atoms with Crippen LogP contribution in [0.5, 0.6) is 5.75 Å². The minimum Gasteiger partial charge on any atom is -0.492 e. The van der Waals surface area contributed by atoms with E-state index in [0.717, 1.165) is 24.5 Å². The van der Waals surface area contributed by atoms with Crippen LogP contribution in [0, 0.1) is 0 Å². The topological polar surface area (TPSA) is 39.1 Å². The van der Waals surface area contributed by atoms with Crippen LogP contribution >= 0.6 is 0 Å². The zero-order chi connectivity index (χ0) is 11.9. The van der Waals surface area contributed by atoms with Crippen molar-refractivity contribution < 1.29 is 4.74 Å². The zero-order valence-corrected chi connectivity index (χ0v) is 9.97. The third-order valence-electron chi connectivity index (χ3n) is 2.37. The highest BCUT2D eigenvalue weighted by Gasteiger charge is 1.96. The minimum atomic E-state index is 0.664. The SMILES string of the molecule is Cn1ccc(CNCCOc2ccccc2)n1. The minimum absolute atomic E-state index is 0.664. The molecule has 0 saturated heterocycles. The number of aryl methyl sites for hydroxylation is 1. The van der Waals surface area contributed by atoms with Gasteiger partial charge in [-0.15, -0.1) is 0 Å². The Morgan fingerprint density at radius 3 is 2.76 bits per heavy atom. The summed E-state index contributed by atoms with van der Waals surface area (Å²) < 4.78 is 7.36. The van der Waals surface area contributed by atoms with Gasteiger partial charge in [0.1, 0.15) is 12.4 Å². The predicted molar refractivity (Wildman–Crippen MR) is 66.9 cm³/mol. The lowest BCUT2D eigenvalue weighted by Crippen LogP contribution is -2.20. The van der Waals surface area contributed by atoms with Gasteiger partial charge in [-0.05, 0) is 18.2 Å². The summed E-state index contributed by atoms with van der Waals surface area (Å²) in [5.41, 5.74) is 1.05. The average molecular weight is 231 g/mol. The molecule has 0 aliphatic carbocycles. The van der Waals surface area contributed by atoms with Gasteiger partial charge in [-0.25, -0.2) is 0 Å². The molecule has 1 N–H and O–H groups in total. The summed E-state index contributed by atoms with van der Waals surface area (Å²) in [6.45, 7) is 2.25. The first kappa shape index (κ1) is 11.7. The second kappa shape index (κ2) is 6.06. The molecule has 0 saturated carbocycles. The van der Waals surface area contributed by atoms with Gasteiger partial charge in [-0.1, -0.05) is 18.2 Å². The fourth-order valence-corrected chi connectivity index (χ4v) is 1.53. The van der Waals surface area contributed by atoms with Gasteiger partial charge in [0.2, 0.25) is 0 Å². The molecule has 1 aromatic carbocycles. The maximum atomic E-state index is 5.56. The standard InChI is InChI=1S/C13H17N3O/c1-16-9-7-12(15-16)11-14-8-10-17-13-5-3-2-4-6-13/h2-7,9,14H,8,10-11H2,1H3. The van der Waals surface area contributed by atoms with E-state index in [4.69, 9.17) is 4.74 Å². The Balaban J connectivity index is 1.61. The van der Waals surface area contributed by atoms with Crippen molar-refractivity contribution in [2.45, 2.75) is 6.54 Å².